The molecule has 84 valence electrons. The molecule has 0 aliphatic heterocycles. The molecule has 2 rings (SSSR count). The van der Waals surface area contributed by atoms with Gasteiger partial charge in [0.25, 0.3) is 0 Å². The third-order valence-corrected chi connectivity index (χ3v) is 2.96. The quantitative estimate of drug-likeness (QED) is 0.733. The fraction of sp³-hybridized carbons (Fsp3) is 0.250. The lowest BCUT2D eigenvalue weighted by Crippen LogP contribution is -2.00. The molecule has 1 aliphatic rings. The minimum absolute atomic E-state index is 0.0170. The van der Waals surface area contributed by atoms with E-state index in [1.54, 1.807) is 0 Å². The second-order valence-electron chi connectivity index (χ2n) is 4.38. The molecule has 1 aromatic heterocycles. The van der Waals surface area contributed by atoms with Crippen LogP contribution in [0.15, 0.2) is 18.3 Å². The van der Waals surface area contributed by atoms with Crippen molar-refractivity contribution >= 4 is 29.4 Å². The second kappa shape index (κ2) is 3.92. The molecule has 0 aromatic carbocycles. The lowest BCUT2D eigenvalue weighted by Gasteiger charge is -2.11. The predicted molar refractivity (Wildman–Crippen MR) is 66.5 cm³/mol. The number of anilines is 1. The lowest BCUT2D eigenvalue weighted by atomic mass is 9.93. The van der Waals surface area contributed by atoms with Crippen molar-refractivity contribution in [3.8, 4) is 0 Å². The van der Waals surface area contributed by atoms with Gasteiger partial charge in [0.1, 0.15) is 0 Å². The van der Waals surface area contributed by atoms with E-state index in [0.717, 1.165) is 11.3 Å². The van der Waals surface area contributed by atoms with Crippen molar-refractivity contribution in [1.82, 2.24) is 4.98 Å². The van der Waals surface area contributed by atoms with E-state index in [1.807, 2.05) is 17.6 Å². The lowest BCUT2D eigenvalue weighted by molar-refractivity contribution is 0.388. The van der Waals surface area contributed by atoms with Gasteiger partial charge in [0.2, 0.25) is 0 Å². The number of nitrogens with zero attached hydrogens (tertiary/aromatic N) is 1. The van der Waals surface area contributed by atoms with E-state index in [0.29, 0.717) is 10.7 Å². The highest BCUT2D eigenvalue weighted by Crippen LogP contribution is 2.33. The topological polar surface area (TPSA) is 45.2 Å². The highest BCUT2D eigenvalue weighted by Gasteiger charge is 2.16. The Morgan fingerprint density at radius 3 is 2.69 bits per heavy atom. The molecule has 0 saturated heterocycles. The van der Waals surface area contributed by atoms with Crippen LogP contribution < -0.4 is 5.48 Å². The van der Waals surface area contributed by atoms with Crippen molar-refractivity contribution in [2.75, 3.05) is 5.48 Å². The van der Waals surface area contributed by atoms with Gasteiger partial charge < -0.3 is 0 Å². The average molecular weight is 237 g/mol. The molecule has 1 aliphatic carbocycles. The number of aromatic nitrogens is 1. The third-order valence-electron chi connectivity index (χ3n) is 2.55. The van der Waals surface area contributed by atoms with E-state index in [-0.39, 0.29) is 5.41 Å². The minimum atomic E-state index is -0.0170. The fourth-order valence-electron chi connectivity index (χ4n) is 1.53. The second-order valence-corrected chi connectivity index (χ2v) is 4.76. The van der Waals surface area contributed by atoms with E-state index >= 15 is 0 Å². The zero-order valence-electron chi connectivity index (χ0n) is 9.16. The number of pyridine rings is 1. The maximum Gasteiger partial charge on any atom is 0.0977 e. The molecule has 16 heavy (non-hydrogen) atoms. The summed E-state index contributed by atoms with van der Waals surface area (Å²) in [5, 5.41) is 9.35. The third kappa shape index (κ3) is 1.96. The average Bonchev–Trinajstić information content (AvgIpc) is 2.39. The van der Waals surface area contributed by atoms with Crippen molar-refractivity contribution in [3.05, 3.63) is 34.6 Å². The van der Waals surface area contributed by atoms with E-state index in [4.69, 9.17) is 16.8 Å². The van der Waals surface area contributed by atoms with Crippen LogP contribution in [-0.4, -0.2) is 10.2 Å². The number of hydrogen-bond donors (Lipinski definition) is 2. The van der Waals surface area contributed by atoms with Gasteiger partial charge in [-0.25, -0.2) is 0 Å². The normalized spacial score (nSPS) is 16.8. The van der Waals surface area contributed by atoms with Crippen molar-refractivity contribution in [2.24, 2.45) is 5.41 Å². The summed E-state index contributed by atoms with van der Waals surface area (Å²) >= 11 is 6.14. The summed E-state index contributed by atoms with van der Waals surface area (Å²) in [5.41, 5.74) is 4.06. The molecule has 1 heterocycles. The van der Waals surface area contributed by atoms with Gasteiger partial charge in [0.15, 0.2) is 0 Å². The molecule has 0 unspecified atom stereocenters. The van der Waals surface area contributed by atoms with E-state index in [2.05, 4.69) is 31.0 Å². The van der Waals surface area contributed by atoms with Crippen LogP contribution in [0.2, 0.25) is 5.02 Å². The molecule has 0 radical (unpaired) electrons. The zero-order valence-corrected chi connectivity index (χ0v) is 9.92. The number of hydrogen-bond acceptors (Lipinski definition) is 3. The smallest absolute Gasteiger partial charge is 0.0977 e. The summed E-state index contributed by atoms with van der Waals surface area (Å²) in [7, 11) is 0. The Balaban J connectivity index is 2.60. The monoisotopic (exact) mass is 236 g/mol. The number of rotatable bonds is 1. The Morgan fingerprint density at radius 2 is 2.00 bits per heavy atom. The fourth-order valence-corrected chi connectivity index (χ4v) is 1.79. The molecule has 0 saturated carbocycles. The summed E-state index contributed by atoms with van der Waals surface area (Å²) < 4.78 is 0. The highest BCUT2D eigenvalue weighted by molar-refractivity contribution is 6.34. The molecule has 1 aromatic rings. The first-order valence-corrected chi connectivity index (χ1v) is 5.38. The molecule has 4 heteroatoms. The first kappa shape index (κ1) is 11.2. The molecule has 2 N–H and O–H groups in total. The molecule has 3 nitrogen and oxygen atoms in total. The highest BCUT2D eigenvalue weighted by atomic mass is 35.5. The molecule has 0 fully saturated rings. The number of fused-ring (bicyclic) bond motifs is 1. The standard InChI is InChI=1S/C12H13ClN2O/c1-12(2)5-3-8-9(4-6-12)14-7-10(15-16)11(8)13/h3-7,15-16H,1-2H3. The van der Waals surface area contributed by atoms with Gasteiger partial charge in [0.05, 0.1) is 22.6 Å². The van der Waals surface area contributed by atoms with Crippen LogP contribution in [0, 0.1) is 5.41 Å². The van der Waals surface area contributed by atoms with E-state index in [9.17, 15) is 0 Å². The molecule has 0 bridgehead atoms. The number of nitrogens with one attached hydrogen (secondary N) is 1. The Bertz CT molecular complexity index is 478. The Labute approximate surface area is 99.4 Å². The van der Waals surface area contributed by atoms with Crippen molar-refractivity contribution < 1.29 is 5.21 Å². The molecule has 0 atom stereocenters. The van der Waals surface area contributed by atoms with Crippen molar-refractivity contribution in [3.63, 3.8) is 0 Å². The van der Waals surface area contributed by atoms with Crippen LogP contribution in [0.25, 0.3) is 12.2 Å². The number of allylic oxidation sites excluding steroid dienone is 2. The number of halogens is 1. The van der Waals surface area contributed by atoms with E-state index < -0.39 is 0 Å². The van der Waals surface area contributed by atoms with Crippen LogP contribution in [0.5, 0.6) is 0 Å². The molecular formula is C12H13ClN2O. The molecular weight excluding hydrogens is 224 g/mol. The maximum atomic E-state index is 8.88. The molecule has 0 spiro atoms. The Kier molecular flexibility index (Phi) is 2.74. The van der Waals surface area contributed by atoms with Crippen LogP contribution in [0.1, 0.15) is 25.1 Å². The summed E-state index contributed by atoms with van der Waals surface area (Å²) in [6, 6.07) is 0. The summed E-state index contributed by atoms with van der Waals surface area (Å²) in [6.07, 6.45) is 9.53. The maximum absolute atomic E-state index is 8.88. The van der Waals surface area contributed by atoms with E-state index in [1.165, 1.54) is 6.20 Å². The van der Waals surface area contributed by atoms with Crippen molar-refractivity contribution in [1.29, 1.82) is 0 Å². The van der Waals surface area contributed by atoms with Gasteiger partial charge in [0, 0.05) is 11.0 Å². The van der Waals surface area contributed by atoms with Crippen LogP contribution >= 0.6 is 11.6 Å². The Morgan fingerprint density at radius 1 is 1.31 bits per heavy atom. The van der Waals surface area contributed by atoms with Gasteiger partial charge in [-0.15, -0.1) is 0 Å². The van der Waals surface area contributed by atoms with Gasteiger partial charge in [-0.2, -0.15) is 0 Å². The van der Waals surface area contributed by atoms with Crippen molar-refractivity contribution in [2.45, 2.75) is 13.8 Å². The van der Waals surface area contributed by atoms with Crippen LogP contribution in [0.4, 0.5) is 5.69 Å². The first-order chi connectivity index (χ1) is 7.53. The summed E-state index contributed by atoms with van der Waals surface area (Å²) in [4.78, 5) is 4.23. The van der Waals surface area contributed by atoms with Crippen LogP contribution in [-0.2, 0) is 0 Å². The SMILES string of the molecule is CC1(C)C=Cc2ncc(NO)c(Cl)c2C=C1. The van der Waals surface area contributed by atoms with Gasteiger partial charge in [-0.1, -0.05) is 43.7 Å². The summed E-state index contributed by atoms with van der Waals surface area (Å²) in [6.45, 7) is 4.20. The molecule has 0 amide bonds. The summed E-state index contributed by atoms with van der Waals surface area (Å²) in [5.74, 6) is 0. The van der Waals surface area contributed by atoms with Crippen LogP contribution in [0.3, 0.4) is 0 Å². The Hall–Kier alpha value is -1.32. The van der Waals surface area contributed by atoms with Gasteiger partial charge >= 0.3 is 0 Å². The van der Waals surface area contributed by atoms with Gasteiger partial charge in [-0.05, 0) is 6.08 Å². The predicted octanol–water partition coefficient (Wildman–Crippen LogP) is 3.60. The zero-order chi connectivity index (χ0) is 11.8. The van der Waals surface area contributed by atoms with Gasteiger partial charge in [-0.3, -0.25) is 15.7 Å². The first-order valence-electron chi connectivity index (χ1n) is 5.00. The largest absolute Gasteiger partial charge is 0.291 e. The minimum Gasteiger partial charge on any atom is -0.291 e.